The molecular weight excluding hydrogens is 464 g/mol. The molecule has 3 nitrogen and oxygen atoms in total. The Kier molecular flexibility index (Phi) is 5.95. The van der Waals surface area contributed by atoms with Gasteiger partial charge in [0.15, 0.2) is 0 Å². The molecule has 0 atom stereocenters. The van der Waals surface area contributed by atoms with Crippen molar-refractivity contribution in [3.63, 3.8) is 0 Å². The number of furan rings is 1. The Hall–Kier alpha value is -4.11. The first kappa shape index (κ1) is 24.2. The number of imidazole rings is 1. The summed E-state index contributed by atoms with van der Waals surface area (Å²) in [6.07, 6.45) is 5.90. The van der Waals surface area contributed by atoms with Crippen LogP contribution in [0.4, 0.5) is 0 Å². The van der Waals surface area contributed by atoms with Crippen LogP contribution in [0, 0.1) is 13.8 Å². The second-order valence-electron chi connectivity index (χ2n) is 11.1. The number of benzene rings is 4. The molecule has 4 aromatic carbocycles. The van der Waals surface area contributed by atoms with Crippen molar-refractivity contribution < 1.29 is 4.42 Å². The first-order chi connectivity index (χ1) is 18.4. The molecule has 0 unspecified atom stereocenters. The van der Waals surface area contributed by atoms with Gasteiger partial charge in [-0.15, -0.1) is 0 Å². The standard InChI is InChI=1S/C35H34N2O/c1-6-35(4,5)30-16-9-7-14-29(30)34-36-18-19-37(34)32-23(2)20-25(21-24(32)3)22-26-12-11-15-28-27-13-8-10-17-31(27)38-33(26)28/h7-21H,6,22H2,1-5H3. The van der Waals surface area contributed by atoms with Gasteiger partial charge >= 0.3 is 0 Å². The van der Waals surface area contributed by atoms with Crippen molar-refractivity contribution in [2.75, 3.05) is 0 Å². The van der Waals surface area contributed by atoms with E-state index < -0.39 is 0 Å². The summed E-state index contributed by atoms with van der Waals surface area (Å²) in [7, 11) is 0. The van der Waals surface area contributed by atoms with Crippen molar-refractivity contribution in [1.29, 1.82) is 0 Å². The molecule has 0 spiro atoms. The van der Waals surface area contributed by atoms with E-state index in [1.165, 1.54) is 49.8 Å². The topological polar surface area (TPSA) is 31.0 Å². The van der Waals surface area contributed by atoms with Crippen molar-refractivity contribution in [2.24, 2.45) is 0 Å². The van der Waals surface area contributed by atoms with Crippen LogP contribution in [-0.4, -0.2) is 9.55 Å². The van der Waals surface area contributed by atoms with E-state index in [1.807, 2.05) is 18.3 Å². The van der Waals surface area contributed by atoms with Gasteiger partial charge in [0.25, 0.3) is 0 Å². The van der Waals surface area contributed by atoms with Crippen molar-refractivity contribution in [3.05, 3.63) is 119 Å². The van der Waals surface area contributed by atoms with Crippen LogP contribution in [0.15, 0.2) is 95.7 Å². The summed E-state index contributed by atoms with van der Waals surface area (Å²) in [5.41, 5.74) is 10.7. The molecule has 2 heterocycles. The second kappa shape index (κ2) is 9.33. The highest BCUT2D eigenvalue weighted by Gasteiger charge is 2.24. The minimum Gasteiger partial charge on any atom is -0.456 e. The summed E-state index contributed by atoms with van der Waals surface area (Å²) in [5.74, 6) is 0.994. The quantitative estimate of drug-likeness (QED) is 0.229. The average molecular weight is 499 g/mol. The van der Waals surface area contributed by atoms with Gasteiger partial charge in [-0.05, 0) is 59.6 Å². The third kappa shape index (κ3) is 4.03. The van der Waals surface area contributed by atoms with Crippen LogP contribution in [0.2, 0.25) is 0 Å². The molecule has 0 fully saturated rings. The van der Waals surface area contributed by atoms with Crippen LogP contribution in [0.25, 0.3) is 39.0 Å². The van der Waals surface area contributed by atoms with Crippen LogP contribution >= 0.6 is 0 Å². The van der Waals surface area contributed by atoms with E-state index in [4.69, 9.17) is 9.40 Å². The van der Waals surface area contributed by atoms with Gasteiger partial charge < -0.3 is 4.42 Å². The summed E-state index contributed by atoms with van der Waals surface area (Å²) < 4.78 is 8.56. The summed E-state index contributed by atoms with van der Waals surface area (Å²) in [4.78, 5) is 4.85. The van der Waals surface area contributed by atoms with Gasteiger partial charge in [-0.2, -0.15) is 0 Å². The van der Waals surface area contributed by atoms with E-state index in [0.717, 1.165) is 29.8 Å². The Labute approximate surface area is 224 Å². The van der Waals surface area contributed by atoms with E-state index in [0.29, 0.717) is 0 Å². The molecule has 2 aromatic heterocycles. The maximum absolute atomic E-state index is 6.30. The van der Waals surface area contributed by atoms with Gasteiger partial charge in [0, 0.05) is 35.2 Å². The minimum absolute atomic E-state index is 0.0684. The highest BCUT2D eigenvalue weighted by Crippen LogP contribution is 2.37. The molecule has 0 saturated heterocycles. The van der Waals surface area contributed by atoms with Crippen LogP contribution in [0.5, 0.6) is 0 Å². The Morgan fingerprint density at radius 2 is 1.55 bits per heavy atom. The van der Waals surface area contributed by atoms with Gasteiger partial charge in [-0.1, -0.05) is 93.6 Å². The number of rotatable bonds is 6. The van der Waals surface area contributed by atoms with Gasteiger partial charge in [-0.25, -0.2) is 4.98 Å². The Morgan fingerprint density at radius 1 is 0.842 bits per heavy atom. The zero-order valence-electron chi connectivity index (χ0n) is 22.9. The fraction of sp³-hybridized carbons (Fsp3) is 0.229. The number of nitrogens with zero attached hydrogens (tertiary/aromatic N) is 2. The van der Waals surface area contributed by atoms with Gasteiger partial charge in [0.05, 0.1) is 5.69 Å². The van der Waals surface area contributed by atoms with Crippen molar-refractivity contribution >= 4 is 21.9 Å². The van der Waals surface area contributed by atoms with Crippen molar-refractivity contribution in [2.45, 2.75) is 52.9 Å². The van der Waals surface area contributed by atoms with Crippen molar-refractivity contribution in [3.8, 4) is 17.1 Å². The summed E-state index contributed by atoms with van der Waals surface area (Å²) in [6, 6.07) is 28.1. The molecular formula is C35H34N2O. The van der Waals surface area contributed by atoms with E-state index in [-0.39, 0.29) is 5.41 Å². The molecule has 0 aliphatic heterocycles. The van der Waals surface area contributed by atoms with Crippen molar-refractivity contribution in [1.82, 2.24) is 9.55 Å². The molecule has 3 heteroatoms. The lowest BCUT2D eigenvalue weighted by molar-refractivity contribution is 0.507. The number of aromatic nitrogens is 2. The summed E-state index contributed by atoms with van der Waals surface area (Å²) >= 11 is 0. The zero-order valence-corrected chi connectivity index (χ0v) is 22.9. The molecule has 0 aliphatic carbocycles. The maximum atomic E-state index is 6.30. The molecule has 0 radical (unpaired) electrons. The predicted molar refractivity (Wildman–Crippen MR) is 158 cm³/mol. The summed E-state index contributed by atoms with van der Waals surface area (Å²) in [6.45, 7) is 11.3. The monoisotopic (exact) mass is 498 g/mol. The van der Waals surface area contributed by atoms with Crippen LogP contribution in [0.3, 0.4) is 0 Å². The first-order valence-corrected chi connectivity index (χ1v) is 13.5. The Morgan fingerprint density at radius 3 is 2.34 bits per heavy atom. The highest BCUT2D eigenvalue weighted by atomic mass is 16.3. The SMILES string of the molecule is CCC(C)(C)c1ccccc1-c1nccn1-c1c(C)cc(Cc2cccc3c2oc2ccccc23)cc1C. The van der Waals surface area contributed by atoms with Crippen LogP contribution < -0.4 is 0 Å². The third-order valence-corrected chi connectivity index (χ3v) is 8.09. The Bertz CT molecular complexity index is 1760. The Balaban J connectivity index is 1.41. The molecule has 38 heavy (non-hydrogen) atoms. The minimum atomic E-state index is 0.0684. The zero-order chi connectivity index (χ0) is 26.4. The number of aryl methyl sites for hydroxylation is 2. The fourth-order valence-electron chi connectivity index (χ4n) is 5.83. The van der Waals surface area contributed by atoms with Gasteiger partial charge in [0.1, 0.15) is 17.0 Å². The maximum Gasteiger partial charge on any atom is 0.144 e. The smallest absolute Gasteiger partial charge is 0.144 e. The van der Waals surface area contributed by atoms with Gasteiger partial charge in [-0.3, -0.25) is 4.57 Å². The molecule has 0 aliphatic rings. The van der Waals surface area contributed by atoms with E-state index in [1.54, 1.807) is 0 Å². The average Bonchev–Trinajstić information content (AvgIpc) is 3.54. The molecule has 0 bridgehead atoms. The van der Waals surface area contributed by atoms with E-state index in [2.05, 4.69) is 112 Å². The van der Waals surface area contributed by atoms with Gasteiger partial charge in [0.2, 0.25) is 0 Å². The largest absolute Gasteiger partial charge is 0.456 e. The summed E-state index contributed by atoms with van der Waals surface area (Å²) in [5, 5.41) is 2.35. The molecule has 0 N–H and O–H groups in total. The molecule has 190 valence electrons. The second-order valence-corrected chi connectivity index (χ2v) is 11.1. The third-order valence-electron chi connectivity index (χ3n) is 8.09. The number of para-hydroxylation sites is 2. The fourth-order valence-corrected chi connectivity index (χ4v) is 5.83. The lowest BCUT2D eigenvalue weighted by Crippen LogP contribution is -2.17. The predicted octanol–water partition coefficient (Wildman–Crippen LogP) is 9.33. The van der Waals surface area contributed by atoms with E-state index in [9.17, 15) is 0 Å². The normalized spacial score (nSPS) is 12.0. The number of fused-ring (bicyclic) bond motifs is 3. The molecule has 6 aromatic rings. The number of hydrogen-bond donors (Lipinski definition) is 0. The number of hydrogen-bond acceptors (Lipinski definition) is 2. The first-order valence-electron chi connectivity index (χ1n) is 13.5. The molecule has 0 saturated carbocycles. The van der Waals surface area contributed by atoms with E-state index >= 15 is 0 Å². The lowest BCUT2D eigenvalue weighted by Gasteiger charge is -2.26. The highest BCUT2D eigenvalue weighted by molar-refractivity contribution is 6.05. The molecule has 6 rings (SSSR count). The molecule has 0 amide bonds. The lowest BCUT2D eigenvalue weighted by atomic mass is 9.79. The van der Waals surface area contributed by atoms with Crippen LogP contribution in [-0.2, 0) is 11.8 Å². The van der Waals surface area contributed by atoms with Crippen LogP contribution in [0.1, 0.15) is 55.0 Å².